The lowest BCUT2D eigenvalue weighted by Gasteiger charge is -2.32. The molecule has 122 valence electrons. The summed E-state index contributed by atoms with van der Waals surface area (Å²) in [5, 5.41) is 5.15. The fourth-order valence-electron chi connectivity index (χ4n) is 2.88. The van der Waals surface area contributed by atoms with E-state index in [-0.39, 0.29) is 11.8 Å². The Hall–Kier alpha value is -1.95. The van der Waals surface area contributed by atoms with Crippen LogP contribution in [0.25, 0.3) is 0 Å². The van der Waals surface area contributed by atoms with Crippen LogP contribution in [0, 0.1) is 12.8 Å². The standard InChI is InChI=1S/C17H22N4OS/c1-13-11-18-12-16(20-13)21-8-5-14(6-9-21)17(22)19-7-4-15-3-2-10-23-15/h2-3,10-12,14H,4-9H2,1H3,(H,19,22). The number of nitrogens with zero attached hydrogens (tertiary/aromatic N) is 3. The van der Waals surface area contributed by atoms with E-state index in [1.165, 1.54) is 4.88 Å². The number of thiophene rings is 1. The minimum atomic E-state index is 0.118. The Bertz CT molecular complexity index is 636. The highest BCUT2D eigenvalue weighted by Crippen LogP contribution is 2.21. The summed E-state index contributed by atoms with van der Waals surface area (Å²) in [6, 6.07) is 4.16. The number of anilines is 1. The predicted octanol–water partition coefficient (Wildman–Crippen LogP) is 2.42. The average Bonchev–Trinajstić information content (AvgIpc) is 3.08. The van der Waals surface area contributed by atoms with Crippen LogP contribution < -0.4 is 10.2 Å². The number of carbonyl (C=O) groups excluding carboxylic acids is 1. The van der Waals surface area contributed by atoms with Gasteiger partial charge in [0.15, 0.2) is 0 Å². The molecule has 0 aliphatic carbocycles. The van der Waals surface area contributed by atoms with E-state index in [9.17, 15) is 4.79 Å². The second-order valence-corrected chi connectivity index (χ2v) is 6.93. The summed E-state index contributed by atoms with van der Waals surface area (Å²) < 4.78 is 0. The molecule has 0 spiro atoms. The zero-order valence-electron chi connectivity index (χ0n) is 13.4. The molecule has 0 atom stereocenters. The SMILES string of the molecule is Cc1cncc(N2CCC(C(=O)NCCc3cccs3)CC2)n1. The first-order chi connectivity index (χ1) is 11.2. The van der Waals surface area contributed by atoms with Gasteiger partial charge in [-0.2, -0.15) is 0 Å². The summed E-state index contributed by atoms with van der Waals surface area (Å²) in [5.74, 6) is 1.23. The van der Waals surface area contributed by atoms with Crippen LogP contribution in [0.5, 0.6) is 0 Å². The minimum absolute atomic E-state index is 0.118. The first kappa shape index (κ1) is 15.9. The lowest BCUT2D eigenvalue weighted by molar-refractivity contribution is -0.125. The molecule has 2 aromatic heterocycles. The maximum absolute atomic E-state index is 12.3. The molecule has 3 heterocycles. The van der Waals surface area contributed by atoms with Crippen molar-refractivity contribution in [2.45, 2.75) is 26.2 Å². The van der Waals surface area contributed by atoms with Crippen molar-refractivity contribution in [2.75, 3.05) is 24.5 Å². The Morgan fingerprint density at radius 3 is 2.91 bits per heavy atom. The second-order valence-electron chi connectivity index (χ2n) is 5.90. The van der Waals surface area contributed by atoms with Gasteiger partial charge in [0.25, 0.3) is 0 Å². The molecule has 23 heavy (non-hydrogen) atoms. The molecule has 1 N–H and O–H groups in total. The first-order valence-corrected chi connectivity index (χ1v) is 8.94. The van der Waals surface area contributed by atoms with E-state index in [2.05, 4.69) is 31.6 Å². The molecule has 0 saturated carbocycles. The molecule has 0 radical (unpaired) electrons. The summed E-state index contributed by atoms with van der Waals surface area (Å²) in [5.41, 5.74) is 0.927. The molecular formula is C17H22N4OS. The van der Waals surface area contributed by atoms with Gasteiger partial charge in [-0.05, 0) is 37.6 Å². The number of piperidine rings is 1. The highest BCUT2D eigenvalue weighted by atomic mass is 32.1. The van der Waals surface area contributed by atoms with Crippen molar-refractivity contribution in [1.29, 1.82) is 0 Å². The number of aromatic nitrogens is 2. The highest BCUT2D eigenvalue weighted by molar-refractivity contribution is 7.09. The summed E-state index contributed by atoms with van der Waals surface area (Å²) >= 11 is 1.74. The average molecular weight is 330 g/mol. The van der Waals surface area contributed by atoms with Crippen molar-refractivity contribution < 1.29 is 4.79 Å². The van der Waals surface area contributed by atoms with Gasteiger partial charge in [-0.3, -0.25) is 9.78 Å². The molecule has 0 bridgehead atoms. The number of rotatable bonds is 5. The molecule has 3 rings (SSSR count). The van der Waals surface area contributed by atoms with Gasteiger partial charge >= 0.3 is 0 Å². The molecule has 5 nitrogen and oxygen atoms in total. The van der Waals surface area contributed by atoms with Crippen LogP contribution in [0.4, 0.5) is 5.82 Å². The van der Waals surface area contributed by atoms with E-state index < -0.39 is 0 Å². The number of hydrogen-bond donors (Lipinski definition) is 1. The maximum Gasteiger partial charge on any atom is 0.223 e. The van der Waals surface area contributed by atoms with Crippen molar-refractivity contribution in [1.82, 2.24) is 15.3 Å². The van der Waals surface area contributed by atoms with Gasteiger partial charge in [-0.1, -0.05) is 6.07 Å². The van der Waals surface area contributed by atoms with Crippen LogP contribution in [0.3, 0.4) is 0 Å². The Balaban J connectivity index is 1.44. The Morgan fingerprint density at radius 2 is 2.22 bits per heavy atom. The van der Waals surface area contributed by atoms with E-state index in [1.807, 2.05) is 13.0 Å². The Labute approximate surface area is 140 Å². The lowest BCUT2D eigenvalue weighted by atomic mass is 9.96. The van der Waals surface area contributed by atoms with Crippen molar-refractivity contribution in [3.8, 4) is 0 Å². The molecule has 6 heteroatoms. The number of nitrogens with one attached hydrogen (secondary N) is 1. The molecule has 2 aromatic rings. The fourth-order valence-corrected chi connectivity index (χ4v) is 3.59. The van der Waals surface area contributed by atoms with E-state index in [4.69, 9.17) is 0 Å². The van der Waals surface area contributed by atoms with Crippen LogP contribution in [0.2, 0.25) is 0 Å². The maximum atomic E-state index is 12.3. The highest BCUT2D eigenvalue weighted by Gasteiger charge is 2.25. The zero-order chi connectivity index (χ0) is 16.1. The summed E-state index contributed by atoms with van der Waals surface area (Å²) in [7, 11) is 0. The quantitative estimate of drug-likeness (QED) is 0.915. The van der Waals surface area contributed by atoms with Gasteiger partial charge in [0.2, 0.25) is 5.91 Å². The minimum Gasteiger partial charge on any atom is -0.355 e. The normalized spacial score (nSPS) is 15.6. The summed E-state index contributed by atoms with van der Waals surface area (Å²) in [6.07, 6.45) is 6.23. The van der Waals surface area contributed by atoms with Gasteiger partial charge in [-0.25, -0.2) is 4.98 Å². The Kier molecular flexibility index (Phi) is 5.23. The van der Waals surface area contributed by atoms with Gasteiger partial charge in [-0.15, -0.1) is 11.3 Å². The van der Waals surface area contributed by atoms with E-state index in [0.717, 1.165) is 50.4 Å². The van der Waals surface area contributed by atoms with Crippen molar-refractivity contribution in [2.24, 2.45) is 5.92 Å². The number of amides is 1. The Morgan fingerprint density at radius 1 is 1.39 bits per heavy atom. The zero-order valence-corrected chi connectivity index (χ0v) is 14.2. The van der Waals surface area contributed by atoms with Crippen LogP contribution in [-0.2, 0) is 11.2 Å². The molecule has 1 aliphatic rings. The molecule has 0 aromatic carbocycles. The molecule has 1 fully saturated rings. The van der Waals surface area contributed by atoms with E-state index >= 15 is 0 Å². The topological polar surface area (TPSA) is 58.1 Å². The monoisotopic (exact) mass is 330 g/mol. The van der Waals surface area contributed by atoms with Gasteiger partial charge in [0, 0.05) is 36.6 Å². The predicted molar refractivity (Wildman–Crippen MR) is 92.7 cm³/mol. The largest absolute Gasteiger partial charge is 0.355 e. The van der Waals surface area contributed by atoms with Crippen LogP contribution in [0.1, 0.15) is 23.4 Å². The van der Waals surface area contributed by atoms with Crippen molar-refractivity contribution in [3.63, 3.8) is 0 Å². The molecule has 0 unspecified atom stereocenters. The van der Waals surface area contributed by atoms with E-state index in [0.29, 0.717) is 0 Å². The third-order valence-corrected chi connectivity index (χ3v) is 5.12. The number of aryl methyl sites for hydroxylation is 1. The fraction of sp³-hybridized carbons (Fsp3) is 0.471. The third-order valence-electron chi connectivity index (χ3n) is 4.18. The van der Waals surface area contributed by atoms with Crippen LogP contribution in [0.15, 0.2) is 29.9 Å². The second kappa shape index (κ2) is 7.55. The molecule has 1 saturated heterocycles. The molecular weight excluding hydrogens is 308 g/mol. The van der Waals surface area contributed by atoms with Crippen molar-refractivity contribution >= 4 is 23.1 Å². The van der Waals surface area contributed by atoms with Crippen LogP contribution in [-0.4, -0.2) is 35.5 Å². The first-order valence-electron chi connectivity index (χ1n) is 8.06. The number of carbonyl (C=O) groups is 1. The summed E-state index contributed by atoms with van der Waals surface area (Å²) in [6.45, 7) is 4.40. The molecule has 1 aliphatic heterocycles. The number of hydrogen-bond acceptors (Lipinski definition) is 5. The van der Waals surface area contributed by atoms with Crippen LogP contribution >= 0.6 is 11.3 Å². The third kappa shape index (κ3) is 4.28. The van der Waals surface area contributed by atoms with E-state index in [1.54, 1.807) is 23.7 Å². The summed E-state index contributed by atoms with van der Waals surface area (Å²) in [4.78, 5) is 24.5. The van der Waals surface area contributed by atoms with Gasteiger partial charge < -0.3 is 10.2 Å². The smallest absolute Gasteiger partial charge is 0.223 e. The van der Waals surface area contributed by atoms with Gasteiger partial charge in [0.1, 0.15) is 5.82 Å². The van der Waals surface area contributed by atoms with Gasteiger partial charge in [0.05, 0.1) is 11.9 Å². The van der Waals surface area contributed by atoms with Crippen molar-refractivity contribution in [3.05, 3.63) is 40.5 Å². The lowest BCUT2D eigenvalue weighted by Crippen LogP contribution is -2.41. The molecule has 1 amide bonds.